The number of fused-ring (bicyclic) bond motifs is 18. The van der Waals surface area contributed by atoms with Crippen molar-refractivity contribution in [2.45, 2.75) is 0 Å². The lowest BCUT2D eigenvalue weighted by Crippen LogP contribution is -2.59. The summed E-state index contributed by atoms with van der Waals surface area (Å²) < 4.78 is 5.20. The molecule has 4 heteroatoms. The molecular formula is C42H25BN2S. The molecule has 0 saturated heterocycles. The second-order valence-electron chi connectivity index (χ2n) is 12.5. The molecule has 0 spiro atoms. The first-order valence-corrected chi connectivity index (χ1v) is 16.7. The number of nitrogens with zero attached hydrogens (tertiary/aromatic N) is 2. The van der Waals surface area contributed by atoms with Gasteiger partial charge in [-0.15, -0.1) is 11.3 Å². The highest BCUT2D eigenvalue weighted by atomic mass is 32.1. The fraction of sp³-hybridized carbons (Fsp3) is 0. The summed E-state index contributed by atoms with van der Waals surface area (Å²) in [7, 11) is 0. The van der Waals surface area contributed by atoms with E-state index in [4.69, 9.17) is 0 Å². The van der Waals surface area contributed by atoms with Crippen LogP contribution in [0.4, 0.5) is 11.4 Å². The summed E-state index contributed by atoms with van der Waals surface area (Å²) in [6.07, 6.45) is 0. The highest BCUT2D eigenvalue weighted by Gasteiger charge is 2.43. The predicted octanol–water partition coefficient (Wildman–Crippen LogP) is 10.1. The van der Waals surface area contributed by atoms with Crippen molar-refractivity contribution in [2.75, 3.05) is 4.81 Å². The predicted molar refractivity (Wildman–Crippen MR) is 198 cm³/mol. The molecule has 0 aliphatic carbocycles. The summed E-state index contributed by atoms with van der Waals surface area (Å²) in [5, 5.41) is 5.22. The molecule has 0 radical (unpaired) electrons. The van der Waals surface area contributed by atoms with Crippen LogP contribution in [0.1, 0.15) is 0 Å². The van der Waals surface area contributed by atoms with Gasteiger partial charge in [0.15, 0.2) is 0 Å². The van der Waals surface area contributed by atoms with E-state index in [0.717, 1.165) is 0 Å². The molecule has 2 aliphatic heterocycles. The maximum absolute atomic E-state index is 2.65. The molecule has 46 heavy (non-hydrogen) atoms. The third-order valence-electron chi connectivity index (χ3n) is 10.2. The number of rotatable bonds is 1. The summed E-state index contributed by atoms with van der Waals surface area (Å²) >= 11 is 1.89. The van der Waals surface area contributed by atoms with Crippen LogP contribution in [0.5, 0.6) is 0 Å². The van der Waals surface area contributed by atoms with Gasteiger partial charge in [-0.25, -0.2) is 0 Å². The first-order valence-electron chi connectivity index (χ1n) is 15.9. The van der Waals surface area contributed by atoms with Gasteiger partial charge in [0.05, 0.1) is 16.7 Å². The smallest absolute Gasteiger partial charge is 0.329 e. The topological polar surface area (TPSA) is 8.17 Å². The molecule has 11 rings (SSSR count). The third kappa shape index (κ3) is 3.12. The highest BCUT2D eigenvalue weighted by Crippen LogP contribution is 2.51. The number of benzene rings is 7. The summed E-state index contributed by atoms with van der Waals surface area (Å²) in [5.74, 6) is 0. The molecule has 0 N–H and O–H groups in total. The van der Waals surface area contributed by atoms with Crippen molar-refractivity contribution in [1.29, 1.82) is 0 Å². The normalized spacial score (nSPS) is 13.1. The van der Waals surface area contributed by atoms with E-state index < -0.39 is 0 Å². The van der Waals surface area contributed by atoms with E-state index in [2.05, 4.69) is 161 Å². The van der Waals surface area contributed by atoms with Crippen LogP contribution in [0, 0.1) is 0 Å². The zero-order valence-electron chi connectivity index (χ0n) is 24.8. The lowest BCUT2D eigenvalue weighted by atomic mass is 9.43. The average Bonchev–Trinajstić information content (AvgIpc) is 3.65. The fourth-order valence-corrected chi connectivity index (χ4v) is 9.45. The Bertz CT molecular complexity index is 2720. The van der Waals surface area contributed by atoms with Crippen LogP contribution in [-0.4, -0.2) is 11.4 Å². The molecule has 0 amide bonds. The average molecular weight is 601 g/mol. The van der Waals surface area contributed by atoms with Crippen molar-refractivity contribution in [3.05, 3.63) is 152 Å². The maximum Gasteiger partial charge on any atom is 0.329 e. The quantitative estimate of drug-likeness (QED) is 0.170. The van der Waals surface area contributed by atoms with E-state index in [0.29, 0.717) is 0 Å². The van der Waals surface area contributed by atoms with Crippen LogP contribution in [0.2, 0.25) is 0 Å². The van der Waals surface area contributed by atoms with Gasteiger partial charge in [0.25, 0.3) is 0 Å². The van der Waals surface area contributed by atoms with E-state index in [1.807, 2.05) is 11.3 Å². The lowest BCUT2D eigenvalue weighted by molar-refractivity contribution is 1.17. The maximum atomic E-state index is 2.65. The van der Waals surface area contributed by atoms with E-state index in [1.54, 1.807) is 0 Å². The van der Waals surface area contributed by atoms with Gasteiger partial charge in [-0.1, -0.05) is 115 Å². The Kier molecular flexibility index (Phi) is 4.83. The Morgan fingerprint density at radius 2 is 1.13 bits per heavy atom. The van der Waals surface area contributed by atoms with Crippen LogP contribution < -0.4 is 15.7 Å². The molecule has 7 aromatic carbocycles. The molecule has 4 heterocycles. The van der Waals surface area contributed by atoms with Crippen molar-refractivity contribution < 1.29 is 0 Å². The van der Waals surface area contributed by atoms with Gasteiger partial charge < -0.3 is 9.38 Å². The van der Waals surface area contributed by atoms with E-state index in [-0.39, 0.29) is 6.85 Å². The van der Waals surface area contributed by atoms with Crippen molar-refractivity contribution in [2.24, 2.45) is 0 Å². The van der Waals surface area contributed by atoms with Crippen molar-refractivity contribution >= 4 is 82.5 Å². The number of anilines is 2. The molecule has 0 fully saturated rings. The van der Waals surface area contributed by atoms with Gasteiger partial charge in [-0.05, 0) is 58.5 Å². The Morgan fingerprint density at radius 3 is 1.96 bits per heavy atom. The Morgan fingerprint density at radius 1 is 0.457 bits per heavy atom. The van der Waals surface area contributed by atoms with Crippen LogP contribution in [-0.2, 0) is 0 Å². The van der Waals surface area contributed by atoms with Gasteiger partial charge in [0.1, 0.15) is 0 Å². The van der Waals surface area contributed by atoms with Crippen molar-refractivity contribution in [1.82, 2.24) is 4.57 Å². The molecule has 2 aliphatic rings. The summed E-state index contributed by atoms with van der Waals surface area (Å²) in [6, 6.07) is 56.4. The second-order valence-corrected chi connectivity index (χ2v) is 13.5. The monoisotopic (exact) mass is 600 g/mol. The zero-order chi connectivity index (χ0) is 29.9. The number of aromatic nitrogens is 1. The molecule has 0 saturated carbocycles. The molecule has 0 atom stereocenters. The molecular weight excluding hydrogens is 575 g/mol. The SMILES string of the molecule is c1ccc(-n2c3cc4c(cc3c3ccc5c(c32)N2B(c3ccccc3-c3ccccc32)c2ccccc2-5)sc2ccccc24)cc1. The molecule has 2 nitrogen and oxygen atoms in total. The summed E-state index contributed by atoms with van der Waals surface area (Å²) in [4.78, 5) is 2.65. The summed E-state index contributed by atoms with van der Waals surface area (Å²) in [5.41, 5.74) is 14.1. The Hall–Kier alpha value is -5.58. The number of thiophene rings is 1. The molecule has 2 aromatic heterocycles. The Balaban J connectivity index is 1.35. The summed E-state index contributed by atoms with van der Waals surface area (Å²) in [6.45, 7) is 0.0649. The van der Waals surface area contributed by atoms with E-state index in [1.165, 1.54) is 92.2 Å². The zero-order valence-corrected chi connectivity index (χ0v) is 25.6. The Labute approximate surface area is 270 Å². The lowest BCUT2D eigenvalue weighted by Gasteiger charge is -2.43. The molecule has 212 valence electrons. The third-order valence-corrected chi connectivity index (χ3v) is 11.3. The standard InChI is InChI=1S/C42H25BN2S/c1-2-12-26(13-3-1)44-38-24-34-30-17-7-11-21-39(30)46-40(34)25-33(38)32-23-22-31-28-15-5-9-19-36(28)43-35-18-8-4-14-27(35)29-16-6-10-20-37(29)45(43)42(31)41(32)44/h1-25H. The van der Waals surface area contributed by atoms with Crippen LogP contribution in [0.25, 0.3) is 69.9 Å². The van der Waals surface area contributed by atoms with Gasteiger partial charge in [0, 0.05) is 53.4 Å². The van der Waals surface area contributed by atoms with E-state index >= 15 is 0 Å². The van der Waals surface area contributed by atoms with Crippen LogP contribution >= 0.6 is 11.3 Å². The van der Waals surface area contributed by atoms with Gasteiger partial charge in [-0.2, -0.15) is 0 Å². The largest absolute Gasteiger partial charge is 0.374 e. The first kappa shape index (κ1) is 24.7. The van der Waals surface area contributed by atoms with Gasteiger partial charge >= 0.3 is 6.85 Å². The van der Waals surface area contributed by atoms with E-state index in [9.17, 15) is 0 Å². The van der Waals surface area contributed by atoms with Crippen LogP contribution in [0.15, 0.2) is 152 Å². The first-order chi connectivity index (χ1) is 22.8. The number of hydrogen-bond acceptors (Lipinski definition) is 2. The van der Waals surface area contributed by atoms with Crippen molar-refractivity contribution in [3.8, 4) is 27.9 Å². The molecule has 9 aromatic rings. The molecule has 0 bridgehead atoms. The minimum atomic E-state index is 0.0649. The minimum absolute atomic E-state index is 0.0649. The molecule has 0 unspecified atom stereocenters. The second kappa shape index (κ2) is 9.00. The van der Waals surface area contributed by atoms with Gasteiger partial charge in [-0.3, -0.25) is 0 Å². The number of para-hydroxylation sites is 2. The number of hydrogen-bond donors (Lipinski definition) is 0. The highest BCUT2D eigenvalue weighted by molar-refractivity contribution is 7.25. The van der Waals surface area contributed by atoms with Gasteiger partial charge in [0.2, 0.25) is 0 Å². The van der Waals surface area contributed by atoms with Crippen LogP contribution in [0.3, 0.4) is 0 Å². The fourth-order valence-electron chi connectivity index (χ4n) is 8.32. The minimum Gasteiger partial charge on any atom is -0.374 e. The van der Waals surface area contributed by atoms with Crippen molar-refractivity contribution in [3.63, 3.8) is 0 Å².